The molecule has 0 spiro atoms. The summed E-state index contributed by atoms with van der Waals surface area (Å²) < 4.78 is 12.0. The second-order valence-corrected chi connectivity index (χ2v) is 6.31. The van der Waals surface area contributed by atoms with E-state index in [1.807, 2.05) is 50.2 Å². The van der Waals surface area contributed by atoms with Crippen molar-refractivity contribution in [3.63, 3.8) is 0 Å². The smallest absolute Gasteiger partial charge is 0.224 e. The van der Waals surface area contributed by atoms with Crippen LogP contribution in [-0.4, -0.2) is 47.6 Å². The number of carbonyl (C=O) groups is 1. The second-order valence-electron chi connectivity index (χ2n) is 6.31. The van der Waals surface area contributed by atoms with Crippen molar-refractivity contribution in [2.75, 3.05) is 20.8 Å². The predicted molar refractivity (Wildman–Crippen MR) is 102 cm³/mol. The van der Waals surface area contributed by atoms with E-state index in [2.05, 4.69) is 15.4 Å². The Balaban J connectivity index is 1.85. The Morgan fingerprint density at radius 2 is 1.89 bits per heavy atom. The van der Waals surface area contributed by atoms with Gasteiger partial charge in [-0.25, -0.2) is 9.50 Å². The summed E-state index contributed by atoms with van der Waals surface area (Å²) in [5.74, 6) is -0.114. The molecular weight excluding hydrogens is 344 g/mol. The molecule has 0 radical (unpaired) electrons. The molecule has 142 valence electrons. The highest BCUT2D eigenvalue weighted by molar-refractivity contribution is 5.79. The van der Waals surface area contributed by atoms with E-state index in [0.717, 1.165) is 33.9 Å². The number of aryl methyl sites for hydroxylation is 2. The molecule has 0 fully saturated rings. The average Bonchev–Trinajstić information content (AvgIpc) is 3.11. The summed E-state index contributed by atoms with van der Waals surface area (Å²) in [4.78, 5) is 17.0. The van der Waals surface area contributed by atoms with Crippen LogP contribution in [0.3, 0.4) is 0 Å². The lowest BCUT2D eigenvalue weighted by molar-refractivity contribution is -0.126. The largest absolute Gasteiger partial charge is 0.354 e. The molecular formula is C20H24N4O3. The first kappa shape index (κ1) is 19.0. The lowest BCUT2D eigenvalue weighted by atomic mass is 10.1. The number of carbonyl (C=O) groups excluding carboxylic acids is 1. The van der Waals surface area contributed by atoms with E-state index in [4.69, 9.17) is 9.47 Å². The summed E-state index contributed by atoms with van der Waals surface area (Å²) >= 11 is 0. The number of ether oxygens (including phenoxy) is 2. The van der Waals surface area contributed by atoms with Gasteiger partial charge in [0.25, 0.3) is 0 Å². The van der Waals surface area contributed by atoms with Crippen molar-refractivity contribution in [3.05, 3.63) is 53.3 Å². The first-order valence-electron chi connectivity index (χ1n) is 8.77. The average molecular weight is 368 g/mol. The highest BCUT2D eigenvalue weighted by Gasteiger charge is 2.16. The molecule has 27 heavy (non-hydrogen) atoms. The van der Waals surface area contributed by atoms with Crippen LogP contribution in [-0.2, 0) is 20.7 Å². The predicted octanol–water partition coefficient (Wildman–Crippen LogP) is 2.29. The Kier molecular flexibility index (Phi) is 5.83. The molecule has 1 aromatic carbocycles. The molecule has 1 N–H and O–H groups in total. The van der Waals surface area contributed by atoms with Crippen LogP contribution in [0.15, 0.2) is 36.4 Å². The number of nitrogens with one attached hydrogen (secondary N) is 1. The monoisotopic (exact) mass is 368 g/mol. The molecule has 0 aliphatic carbocycles. The summed E-state index contributed by atoms with van der Waals surface area (Å²) in [7, 11) is 3.07. The van der Waals surface area contributed by atoms with Crippen molar-refractivity contribution >= 4 is 11.6 Å². The molecule has 0 aliphatic heterocycles. The Morgan fingerprint density at radius 1 is 1.19 bits per heavy atom. The highest BCUT2D eigenvalue weighted by atomic mass is 16.7. The molecule has 0 unspecified atom stereocenters. The van der Waals surface area contributed by atoms with Gasteiger partial charge >= 0.3 is 0 Å². The Hall–Kier alpha value is -2.77. The third kappa shape index (κ3) is 4.15. The molecule has 1 amide bonds. The molecule has 0 aliphatic rings. The molecule has 3 aromatic rings. The fraction of sp³-hybridized carbons (Fsp3) is 0.350. The molecule has 2 aromatic heterocycles. The summed E-state index contributed by atoms with van der Waals surface area (Å²) in [5, 5.41) is 7.50. The van der Waals surface area contributed by atoms with Crippen molar-refractivity contribution in [2.24, 2.45) is 0 Å². The first-order chi connectivity index (χ1) is 13.0. The van der Waals surface area contributed by atoms with Crippen molar-refractivity contribution in [3.8, 4) is 11.3 Å². The van der Waals surface area contributed by atoms with E-state index in [0.29, 0.717) is 6.54 Å². The van der Waals surface area contributed by atoms with Crippen LogP contribution in [0.25, 0.3) is 16.9 Å². The maximum absolute atomic E-state index is 12.3. The molecule has 3 rings (SSSR count). The molecule has 2 heterocycles. The molecule has 0 saturated heterocycles. The van der Waals surface area contributed by atoms with Gasteiger partial charge in [0.1, 0.15) is 0 Å². The van der Waals surface area contributed by atoms with E-state index < -0.39 is 6.29 Å². The molecule has 0 bridgehead atoms. The number of nitrogens with zero attached hydrogens (tertiary/aromatic N) is 3. The maximum atomic E-state index is 12.3. The maximum Gasteiger partial charge on any atom is 0.224 e. The van der Waals surface area contributed by atoms with Gasteiger partial charge in [-0.3, -0.25) is 4.79 Å². The van der Waals surface area contributed by atoms with Gasteiger partial charge in [-0.2, -0.15) is 5.10 Å². The number of hydrogen-bond acceptors (Lipinski definition) is 5. The van der Waals surface area contributed by atoms with Crippen LogP contribution in [0.5, 0.6) is 0 Å². The standard InChI is InChI=1S/C20H24N4O3/c1-13-16(10-19(25)21-12-20(26-3)27-4)14(2)24-18(22-13)11-17(23-24)15-8-6-5-7-9-15/h5-9,11,20H,10,12H2,1-4H3,(H,21,25). The van der Waals surface area contributed by atoms with Crippen molar-refractivity contribution in [1.82, 2.24) is 19.9 Å². The zero-order chi connectivity index (χ0) is 19.4. The molecule has 7 heteroatoms. The minimum atomic E-state index is -0.462. The third-order valence-electron chi connectivity index (χ3n) is 4.56. The van der Waals surface area contributed by atoms with Crippen molar-refractivity contribution in [1.29, 1.82) is 0 Å². The molecule has 0 saturated carbocycles. The minimum absolute atomic E-state index is 0.114. The number of benzene rings is 1. The van der Waals surface area contributed by atoms with E-state index in [1.165, 1.54) is 14.2 Å². The first-order valence-corrected chi connectivity index (χ1v) is 8.77. The fourth-order valence-corrected chi connectivity index (χ4v) is 3.02. The van der Waals surface area contributed by atoms with Gasteiger partial charge in [0.2, 0.25) is 5.91 Å². The topological polar surface area (TPSA) is 77.8 Å². The van der Waals surface area contributed by atoms with Gasteiger partial charge in [-0.1, -0.05) is 30.3 Å². The van der Waals surface area contributed by atoms with Gasteiger partial charge in [-0.05, 0) is 13.8 Å². The van der Waals surface area contributed by atoms with E-state index >= 15 is 0 Å². The van der Waals surface area contributed by atoms with E-state index in [1.54, 1.807) is 4.52 Å². The lowest BCUT2D eigenvalue weighted by Gasteiger charge is -2.15. The normalized spacial score (nSPS) is 11.3. The highest BCUT2D eigenvalue weighted by Crippen LogP contribution is 2.22. The Bertz CT molecular complexity index is 933. The van der Waals surface area contributed by atoms with Crippen LogP contribution in [0.1, 0.15) is 17.0 Å². The van der Waals surface area contributed by atoms with Crippen LogP contribution in [0.4, 0.5) is 0 Å². The quantitative estimate of drug-likeness (QED) is 0.648. The summed E-state index contributed by atoms with van der Waals surface area (Å²) in [6.45, 7) is 4.16. The zero-order valence-electron chi connectivity index (χ0n) is 16.0. The summed E-state index contributed by atoms with van der Waals surface area (Å²) in [6.07, 6.45) is -0.238. The number of rotatable bonds is 7. The number of amides is 1. The number of methoxy groups -OCH3 is 2. The van der Waals surface area contributed by atoms with Gasteiger partial charge in [0.05, 0.1) is 18.7 Å². The minimum Gasteiger partial charge on any atom is -0.354 e. The fourth-order valence-electron chi connectivity index (χ4n) is 3.02. The number of fused-ring (bicyclic) bond motifs is 1. The Morgan fingerprint density at radius 3 is 2.56 bits per heavy atom. The van der Waals surface area contributed by atoms with Gasteiger partial charge in [-0.15, -0.1) is 0 Å². The molecule has 7 nitrogen and oxygen atoms in total. The third-order valence-corrected chi connectivity index (χ3v) is 4.56. The number of hydrogen-bond donors (Lipinski definition) is 1. The van der Waals surface area contributed by atoms with Gasteiger partial charge in [0.15, 0.2) is 11.9 Å². The summed E-state index contributed by atoms with van der Waals surface area (Å²) in [5.41, 5.74) is 5.26. The second kappa shape index (κ2) is 8.28. The SMILES string of the molecule is COC(CNC(=O)Cc1c(C)nc2cc(-c3ccccc3)nn2c1C)OC. The van der Waals surface area contributed by atoms with E-state index in [-0.39, 0.29) is 12.3 Å². The zero-order valence-corrected chi connectivity index (χ0v) is 16.0. The van der Waals surface area contributed by atoms with Crippen LogP contribution in [0.2, 0.25) is 0 Å². The Labute approximate surface area is 158 Å². The van der Waals surface area contributed by atoms with Crippen LogP contribution >= 0.6 is 0 Å². The van der Waals surface area contributed by atoms with Crippen LogP contribution in [0, 0.1) is 13.8 Å². The van der Waals surface area contributed by atoms with Gasteiger partial charge in [0, 0.05) is 42.8 Å². The van der Waals surface area contributed by atoms with Gasteiger partial charge < -0.3 is 14.8 Å². The number of aromatic nitrogens is 3. The van der Waals surface area contributed by atoms with Crippen molar-refractivity contribution in [2.45, 2.75) is 26.6 Å². The van der Waals surface area contributed by atoms with Crippen molar-refractivity contribution < 1.29 is 14.3 Å². The molecule has 0 atom stereocenters. The van der Waals surface area contributed by atoms with Crippen LogP contribution < -0.4 is 5.32 Å². The summed E-state index contributed by atoms with van der Waals surface area (Å²) in [6, 6.07) is 11.9. The lowest BCUT2D eigenvalue weighted by Crippen LogP contribution is -2.35. The van der Waals surface area contributed by atoms with E-state index in [9.17, 15) is 4.79 Å².